The number of rotatable bonds is 3. The van der Waals surface area contributed by atoms with Crippen LogP contribution in [0.15, 0.2) is 35.5 Å². The summed E-state index contributed by atoms with van der Waals surface area (Å²) in [4.78, 5) is 22.5. The van der Waals surface area contributed by atoms with Crippen molar-refractivity contribution in [2.75, 3.05) is 12.3 Å². The molecule has 1 aliphatic rings. The smallest absolute Gasteiger partial charge is 0.410 e. The van der Waals surface area contributed by atoms with E-state index in [1.165, 1.54) is 6.20 Å². The average Bonchev–Trinajstić information content (AvgIpc) is 2.60. The number of sulfone groups is 1. The Labute approximate surface area is 159 Å². The molecule has 1 atom stereocenters. The summed E-state index contributed by atoms with van der Waals surface area (Å²) in [5, 5.41) is -0.0593. The van der Waals surface area contributed by atoms with Crippen LogP contribution in [0.2, 0.25) is 0 Å². The number of piperidine rings is 1. The Kier molecular flexibility index (Phi) is 5.37. The molecule has 0 bridgehead atoms. The van der Waals surface area contributed by atoms with Crippen LogP contribution in [-0.4, -0.2) is 53.3 Å². The molecule has 0 unspecified atom stereocenters. The molecule has 0 radical (unpaired) electrons. The van der Waals surface area contributed by atoms with Crippen LogP contribution >= 0.6 is 0 Å². The fraction of sp³-hybridized carbons (Fsp3) is 0.526. The maximum absolute atomic E-state index is 12.9. The van der Waals surface area contributed by atoms with Gasteiger partial charge in [-0.3, -0.25) is 4.98 Å². The van der Waals surface area contributed by atoms with Crippen LogP contribution in [-0.2, 0) is 14.6 Å². The number of hydrogen-bond acceptors (Lipinski definition) is 6. The van der Waals surface area contributed by atoms with Crippen LogP contribution in [0.3, 0.4) is 0 Å². The van der Waals surface area contributed by atoms with E-state index in [0.717, 1.165) is 12.8 Å². The molecular formula is C19H25N3O4S. The minimum Gasteiger partial charge on any atom is -0.444 e. The summed E-state index contributed by atoms with van der Waals surface area (Å²) in [5.74, 6) is -0.181. The van der Waals surface area contributed by atoms with Crippen molar-refractivity contribution in [2.45, 2.75) is 56.7 Å². The van der Waals surface area contributed by atoms with Gasteiger partial charge >= 0.3 is 6.09 Å². The van der Waals surface area contributed by atoms with E-state index in [2.05, 4.69) is 9.97 Å². The molecule has 27 heavy (non-hydrogen) atoms. The third-order valence-electron chi connectivity index (χ3n) is 4.41. The third-order valence-corrected chi connectivity index (χ3v) is 6.07. The van der Waals surface area contributed by atoms with Gasteiger partial charge in [-0.05, 0) is 52.2 Å². The van der Waals surface area contributed by atoms with Gasteiger partial charge in [0, 0.05) is 12.6 Å². The van der Waals surface area contributed by atoms with Gasteiger partial charge in [-0.15, -0.1) is 0 Å². The summed E-state index contributed by atoms with van der Waals surface area (Å²) in [7, 11) is -3.68. The van der Waals surface area contributed by atoms with E-state index in [-0.39, 0.29) is 10.8 Å². The minimum atomic E-state index is -3.68. The number of aromatic nitrogens is 2. The lowest BCUT2D eigenvalue weighted by molar-refractivity contribution is 0.0124. The number of benzene rings is 1. The second kappa shape index (κ2) is 7.42. The lowest BCUT2D eigenvalue weighted by atomic mass is 10.0. The number of ether oxygens (including phenoxy) is 1. The van der Waals surface area contributed by atoms with E-state index in [9.17, 15) is 13.2 Å². The standard InChI is InChI=1S/C19H25N3O4S/c1-19(2,3)26-18(23)22-11-7-6-8-14(22)13-27(24,25)17-12-20-15-9-4-5-10-16(15)21-17/h4-5,9-10,12,14H,6-8,11,13H2,1-3H3/t14-/m1/s1. The number of para-hydroxylation sites is 2. The SMILES string of the molecule is CC(C)(C)OC(=O)N1CCCC[C@@H]1CS(=O)(=O)c1cnc2ccccc2n1. The van der Waals surface area contributed by atoms with Gasteiger partial charge in [0.2, 0.25) is 0 Å². The lowest BCUT2D eigenvalue weighted by Gasteiger charge is -2.36. The van der Waals surface area contributed by atoms with Crippen molar-refractivity contribution in [3.63, 3.8) is 0 Å². The first-order valence-electron chi connectivity index (χ1n) is 9.10. The van der Waals surface area contributed by atoms with Crippen molar-refractivity contribution < 1.29 is 17.9 Å². The van der Waals surface area contributed by atoms with E-state index in [1.807, 2.05) is 6.07 Å². The average molecular weight is 391 g/mol. The minimum absolute atomic E-state index is 0.0593. The maximum Gasteiger partial charge on any atom is 0.410 e. The van der Waals surface area contributed by atoms with Gasteiger partial charge in [-0.2, -0.15) is 0 Å². The molecule has 1 aliphatic heterocycles. The molecule has 0 N–H and O–H groups in total. The van der Waals surface area contributed by atoms with Gasteiger partial charge in [0.05, 0.1) is 23.0 Å². The fourth-order valence-corrected chi connectivity index (χ4v) is 4.64. The van der Waals surface area contributed by atoms with Crippen LogP contribution < -0.4 is 0 Å². The molecule has 2 heterocycles. The summed E-state index contributed by atoms with van der Waals surface area (Å²) in [6, 6.07) is 6.70. The van der Waals surface area contributed by atoms with Gasteiger partial charge in [0.15, 0.2) is 14.9 Å². The van der Waals surface area contributed by atoms with Crippen LogP contribution in [0.25, 0.3) is 11.0 Å². The quantitative estimate of drug-likeness (QED) is 0.798. The molecule has 7 nitrogen and oxygen atoms in total. The number of carbonyl (C=O) groups is 1. The first-order chi connectivity index (χ1) is 12.7. The first-order valence-corrected chi connectivity index (χ1v) is 10.8. The second-order valence-corrected chi connectivity index (χ2v) is 9.78. The Bertz CT molecular complexity index is 937. The Morgan fingerprint density at radius 1 is 1.22 bits per heavy atom. The van der Waals surface area contributed by atoms with E-state index in [1.54, 1.807) is 43.9 Å². The molecule has 3 rings (SSSR count). The predicted octanol–water partition coefficient (Wildman–Crippen LogP) is 3.19. The van der Waals surface area contributed by atoms with Crippen molar-refractivity contribution in [3.8, 4) is 0 Å². The Hall–Kier alpha value is -2.22. The highest BCUT2D eigenvalue weighted by molar-refractivity contribution is 7.91. The molecule has 1 aromatic heterocycles. The number of likely N-dealkylation sites (tertiary alicyclic amines) is 1. The molecule has 1 aromatic carbocycles. The Morgan fingerprint density at radius 3 is 2.63 bits per heavy atom. The van der Waals surface area contributed by atoms with Gasteiger partial charge in [0.1, 0.15) is 5.60 Å². The van der Waals surface area contributed by atoms with E-state index in [4.69, 9.17) is 4.74 Å². The van der Waals surface area contributed by atoms with Crippen LogP contribution in [0, 0.1) is 0 Å². The van der Waals surface area contributed by atoms with E-state index >= 15 is 0 Å². The third kappa shape index (κ3) is 4.74. The van der Waals surface area contributed by atoms with Crippen molar-refractivity contribution in [1.29, 1.82) is 0 Å². The summed E-state index contributed by atoms with van der Waals surface area (Å²) in [6.07, 6.45) is 3.17. The molecule has 0 saturated carbocycles. The molecule has 1 fully saturated rings. The Balaban J connectivity index is 1.82. The highest BCUT2D eigenvalue weighted by Gasteiger charge is 2.34. The van der Waals surface area contributed by atoms with E-state index in [0.29, 0.717) is 24.0 Å². The summed E-state index contributed by atoms with van der Waals surface area (Å²) < 4.78 is 31.3. The molecule has 8 heteroatoms. The van der Waals surface area contributed by atoms with Crippen LogP contribution in [0.5, 0.6) is 0 Å². The highest BCUT2D eigenvalue weighted by Crippen LogP contribution is 2.24. The van der Waals surface area contributed by atoms with Crippen molar-refractivity contribution in [1.82, 2.24) is 14.9 Å². The van der Waals surface area contributed by atoms with Gasteiger partial charge in [-0.1, -0.05) is 12.1 Å². The second-order valence-electron chi connectivity index (χ2n) is 7.80. The lowest BCUT2D eigenvalue weighted by Crippen LogP contribution is -2.49. The number of carbonyl (C=O) groups excluding carboxylic acids is 1. The predicted molar refractivity (Wildman–Crippen MR) is 102 cm³/mol. The Morgan fingerprint density at radius 2 is 1.93 bits per heavy atom. The van der Waals surface area contributed by atoms with Crippen molar-refractivity contribution in [3.05, 3.63) is 30.5 Å². The number of amides is 1. The fourth-order valence-electron chi connectivity index (χ4n) is 3.16. The number of hydrogen-bond donors (Lipinski definition) is 0. The van der Waals surface area contributed by atoms with E-state index < -0.39 is 27.6 Å². The van der Waals surface area contributed by atoms with Gasteiger partial charge in [0.25, 0.3) is 0 Å². The maximum atomic E-state index is 12.9. The van der Waals surface area contributed by atoms with Crippen molar-refractivity contribution >= 4 is 27.0 Å². The molecule has 0 aliphatic carbocycles. The van der Waals surface area contributed by atoms with Gasteiger partial charge in [-0.25, -0.2) is 18.2 Å². The molecule has 1 saturated heterocycles. The first kappa shape index (κ1) is 19.5. The number of fused-ring (bicyclic) bond motifs is 1. The van der Waals surface area contributed by atoms with Gasteiger partial charge < -0.3 is 9.64 Å². The zero-order chi connectivity index (χ0) is 19.7. The molecule has 146 valence electrons. The zero-order valence-corrected chi connectivity index (χ0v) is 16.7. The highest BCUT2D eigenvalue weighted by atomic mass is 32.2. The molecule has 1 amide bonds. The number of nitrogens with zero attached hydrogens (tertiary/aromatic N) is 3. The topological polar surface area (TPSA) is 89.5 Å². The summed E-state index contributed by atoms with van der Waals surface area (Å²) >= 11 is 0. The summed E-state index contributed by atoms with van der Waals surface area (Å²) in [5.41, 5.74) is 0.553. The molecule has 2 aromatic rings. The monoisotopic (exact) mass is 391 g/mol. The van der Waals surface area contributed by atoms with Crippen LogP contribution in [0.4, 0.5) is 4.79 Å². The molecule has 0 spiro atoms. The van der Waals surface area contributed by atoms with Crippen molar-refractivity contribution in [2.24, 2.45) is 0 Å². The normalized spacial score (nSPS) is 18.5. The molecular weight excluding hydrogens is 366 g/mol. The van der Waals surface area contributed by atoms with Crippen LogP contribution in [0.1, 0.15) is 40.0 Å². The summed E-state index contributed by atoms with van der Waals surface area (Å²) in [6.45, 7) is 5.89. The largest absolute Gasteiger partial charge is 0.444 e. The zero-order valence-electron chi connectivity index (χ0n) is 15.9.